The van der Waals surface area contributed by atoms with Gasteiger partial charge < -0.3 is 39.5 Å². The Morgan fingerprint density at radius 1 is 0.421 bits per heavy atom. The molecule has 0 amide bonds. The van der Waals surface area contributed by atoms with Crippen LogP contribution in [0.25, 0.3) is 66.4 Å². The molecule has 76 heavy (non-hydrogen) atoms. The number of benzene rings is 6. The summed E-state index contributed by atoms with van der Waals surface area (Å²) in [7, 11) is 3.91. The molecule has 0 radical (unpaired) electrons. The molecular formula is C62H50N12Pt2-6. The second kappa shape index (κ2) is 23.2. The van der Waals surface area contributed by atoms with E-state index >= 15 is 0 Å². The van der Waals surface area contributed by atoms with Crippen LogP contribution in [-0.4, -0.2) is 44.0 Å². The second-order valence-corrected chi connectivity index (χ2v) is 18.1. The van der Waals surface area contributed by atoms with Crippen LogP contribution in [0.4, 0.5) is 34.6 Å². The van der Waals surface area contributed by atoms with E-state index in [1.807, 2.05) is 132 Å². The quantitative estimate of drug-likeness (QED) is 0.156. The molecule has 12 aromatic rings. The molecule has 0 saturated heterocycles. The minimum atomic E-state index is 0. The molecule has 8 heterocycles. The third kappa shape index (κ3) is 10.9. The Labute approximate surface area is 471 Å². The fourth-order valence-corrected chi connectivity index (χ4v) is 9.28. The fourth-order valence-electron chi connectivity index (χ4n) is 9.28. The van der Waals surface area contributed by atoms with Crippen molar-refractivity contribution in [1.29, 1.82) is 0 Å². The topological polar surface area (TPSA) is 119 Å². The zero-order valence-corrected chi connectivity index (χ0v) is 47.0. The Kier molecular flexibility index (Phi) is 16.1. The van der Waals surface area contributed by atoms with E-state index in [-0.39, 0.29) is 42.1 Å². The maximum absolute atomic E-state index is 4.76. The van der Waals surface area contributed by atoms with Crippen LogP contribution in [0.15, 0.2) is 183 Å². The molecule has 0 saturated carbocycles. The van der Waals surface area contributed by atoms with Crippen molar-refractivity contribution in [3.05, 3.63) is 230 Å². The minimum absolute atomic E-state index is 0. The predicted octanol–water partition coefficient (Wildman–Crippen LogP) is 13.2. The number of aromatic nitrogens is 8. The van der Waals surface area contributed by atoms with Crippen molar-refractivity contribution in [1.82, 2.24) is 39.9 Å². The van der Waals surface area contributed by atoms with Gasteiger partial charge in [0.25, 0.3) is 0 Å². The summed E-state index contributed by atoms with van der Waals surface area (Å²) in [6.07, 6.45) is 6.78. The van der Waals surface area contributed by atoms with Gasteiger partial charge in [-0.15, -0.1) is 24.7 Å². The Balaban J connectivity index is 0.000000124. The van der Waals surface area contributed by atoms with E-state index in [9.17, 15) is 0 Å². The van der Waals surface area contributed by atoms with Gasteiger partial charge in [-0.3, -0.25) is 0 Å². The second-order valence-electron chi connectivity index (χ2n) is 18.1. The summed E-state index contributed by atoms with van der Waals surface area (Å²) < 4.78 is 0. The zero-order chi connectivity index (χ0) is 50.7. The number of fused-ring (bicyclic) bond motifs is 8. The average molecular weight is 1350 g/mol. The van der Waals surface area contributed by atoms with E-state index in [1.54, 1.807) is 24.8 Å². The van der Waals surface area contributed by atoms with Crippen molar-refractivity contribution in [3.63, 3.8) is 0 Å². The number of nitrogens with zero attached hydrogens (tertiary/aromatic N) is 12. The molecule has 2 aliphatic heterocycles. The van der Waals surface area contributed by atoms with E-state index in [0.29, 0.717) is 0 Å². The summed E-state index contributed by atoms with van der Waals surface area (Å²) in [4.78, 5) is 43.9. The first-order valence-corrected chi connectivity index (χ1v) is 24.3. The molecule has 12 nitrogen and oxygen atoms in total. The molecule has 6 aromatic heterocycles. The molecule has 14 heteroatoms. The molecule has 0 atom stereocenters. The van der Waals surface area contributed by atoms with Gasteiger partial charge in [-0.2, -0.15) is 60.7 Å². The van der Waals surface area contributed by atoms with Gasteiger partial charge in [-0.1, -0.05) is 132 Å². The van der Waals surface area contributed by atoms with Crippen LogP contribution in [0.3, 0.4) is 0 Å². The Morgan fingerprint density at radius 2 is 0.816 bits per heavy atom. The van der Waals surface area contributed by atoms with Crippen molar-refractivity contribution in [2.45, 2.75) is 27.7 Å². The Hall–Kier alpha value is -8.04. The average Bonchev–Trinajstić information content (AvgIpc) is 4.20. The van der Waals surface area contributed by atoms with Crippen molar-refractivity contribution in [2.75, 3.05) is 33.7 Å². The molecule has 6 aromatic carbocycles. The van der Waals surface area contributed by atoms with Gasteiger partial charge in [0.2, 0.25) is 0 Å². The molecule has 0 bridgehead atoms. The van der Waals surface area contributed by atoms with E-state index in [1.165, 1.54) is 44.2 Å². The van der Waals surface area contributed by atoms with Gasteiger partial charge in [-0.25, -0.2) is 19.9 Å². The van der Waals surface area contributed by atoms with E-state index in [0.717, 1.165) is 79.1 Å². The van der Waals surface area contributed by atoms with Gasteiger partial charge >= 0.3 is 0 Å². The summed E-state index contributed by atoms with van der Waals surface area (Å²) in [5.74, 6) is 3.40. The SMILES string of the molecule is CN1[CH-]N(c2[c-]cccc2)c2nccnc21.CN1[CH-]N(c2[c-]cccc2)c2nccnc21.Cc1ccc(-c2ccc3c(n2)[n-]c2ccccc23)c(C)c1.Cc1ccc(-c2ccc3c(n2)[n-]c2ccccc23)c(C)c1.[Pt].[Pt]. The Morgan fingerprint density at radius 3 is 1.21 bits per heavy atom. The van der Waals surface area contributed by atoms with Gasteiger partial charge in [-0.05, 0) is 108 Å². The van der Waals surface area contributed by atoms with E-state index < -0.39 is 0 Å². The fraction of sp³-hybridized carbons (Fsp3) is 0.0968. The van der Waals surface area contributed by atoms with Crippen LogP contribution in [-0.2, 0) is 42.1 Å². The molecule has 0 unspecified atom stereocenters. The third-order valence-corrected chi connectivity index (χ3v) is 12.8. The maximum atomic E-state index is 4.76. The van der Waals surface area contributed by atoms with E-state index in [4.69, 9.17) is 9.97 Å². The summed E-state index contributed by atoms with van der Waals surface area (Å²) in [5.41, 5.74) is 15.0. The minimum Gasteiger partial charge on any atom is -0.487 e. The van der Waals surface area contributed by atoms with Crippen molar-refractivity contribution in [3.8, 4) is 22.5 Å². The molecule has 2 aliphatic rings. The zero-order valence-electron chi connectivity index (χ0n) is 42.5. The third-order valence-electron chi connectivity index (χ3n) is 12.8. The summed E-state index contributed by atoms with van der Waals surface area (Å²) in [6, 6.07) is 59.7. The summed E-state index contributed by atoms with van der Waals surface area (Å²) in [5, 5.41) is 4.59. The van der Waals surface area contributed by atoms with Gasteiger partial charge in [0, 0.05) is 66.9 Å². The molecular weight excluding hydrogens is 1300 g/mol. The number of pyridine rings is 2. The molecule has 384 valence electrons. The number of para-hydroxylation sites is 4. The number of aryl methyl sites for hydroxylation is 4. The van der Waals surface area contributed by atoms with Gasteiger partial charge in [0.1, 0.15) is 23.3 Å². The number of hydrogen-bond acceptors (Lipinski definition) is 10. The Bertz CT molecular complexity index is 3680. The number of hydrogen-bond donors (Lipinski definition) is 0. The molecule has 0 spiro atoms. The molecule has 0 fully saturated rings. The first kappa shape index (κ1) is 52.8. The maximum Gasteiger partial charge on any atom is 0.143 e. The van der Waals surface area contributed by atoms with Gasteiger partial charge in [0.05, 0.1) is 0 Å². The number of anilines is 6. The van der Waals surface area contributed by atoms with Crippen LogP contribution < -0.4 is 29.6 Å². The van der Waals surface area contributed by atoms with Gasteiger partial charge in [0.15, 0.2) is 0 Å². The van der Waals surface area contributed by atoms with Crippen LogP contribution in [0.2, 0.25) is 0 Å². The van der Waals surface area contributed by atoms with Crippen LogP contribution in [0.1, 0.15) is 22.3 Å². The van der Waals surface area contributed by atoms with Crippen LogP contribution >= 0.6 is 0 Å². The first-order chi connectivity index (χ1) is 36.2. The van der Waals surface area contributed by atoms with Crippen molar-refractivity contribution >= 4 is 78.5 Å². The summed E-state index contributed by atoms with van der Waals surface area (Å²) in [6.45, 7) is 12.4. The monoisotopic (exact) mass is 1350 g/mol. The smallest absolute Gasteiger partial charge is 0.143 e. The van der Waals surface area contributed by atoms with Crippen LogP contribution in [0.5, 0.6) is 0 Å². The molecule has 14 rings (SSSR count). The predicted molar refractivity (Wildman–Crippen MR) is 299 cm³/mol. The summed E-state index contributed by atoms with van der Waals surface area (Å²) >= 11 is 0. The van der Waals surface area contributed by atoms with E-state index in [2.05, 4.69) is 143 Å². The standard InChI is InChI=1S/2C19H15N2.2C12H10N4.2Pt/c2*1-12-7-8-14(13(2)11-12)18-10-9-16-15-5-3-4-6-17(15)20-19(16)21-18;2*1-15-9-16(10-5-3-2-4-6-10)12-11(15)13-7-8-14-12;;/h2*3-11H,1-2H3;2*2-5,7-9H,1H3;;/q2*-1;2*-2;;. The number of rotatable bonds is 4. The normalized spacial score (nSPS) is 12.2. The first-order valence-electron chi connectivity index (χ1n) is 24.3. The molecule has 0 N–H and O–H groups in total. The molecule has 0 aliphatic carbocycles. The van der Waals surface area contributed by atoms with Crippen LogP contribution in [0, 0.1) is 53.2 Å². The largest absolute Gasteiger partial charge is 0.487 e. The van der Waals surface area contributed by atoms with Crippen molar-refractivity contribution < 1.29 is 42.1 Å². The van der Waals surface area contributed by atoms with Crippen molar-refractivity contribution in [2.24, 2.45) is 0 Å².